The van der Waals surface area contributed by atoms with E-state index in [1.165, 1.54) is 6.08 Å². The van der Waals surface area contributed by atoms with Crippen LogP contribution in [0.15, 0.2) is 30.3 Å². The molecule has 0 saturated heterocycles. The molecule has 1 aromatic carbocycles. The van der Waals surface area contributed by atoms with Gasteiger partial charge in [0.25, 0.3) is 0 Å². The summed E-state index contributed by atoms with van der Waals surface area (Å²) in [6.07, 6.45) is 2.19. The van der Waals surface area contributed by atoms with E-state index in [9.17, 15) is 4.79 Å². The summed E-state index contributed by atoms with van der Waals surface area (Å²) in [6.45, 7) is 1.67. The molecule has 0 aromatic heterocycles. The Morgan fingerprint density at radius 3 is 2.94 bits per heavy atom. The van der Waals surface area contributed by atoms with E-state index in [2.05, 4.69) is 5.32 Å². The summed E-state index contributed by atoms with van der Waals surface area (Å²) >= 11 is 0. The zero-order valence-electron chi connectivity index (χ0n) is 9.76. The number of benzene rings is 1. The standard InChI is InChI=1S/C13H17NO3/c1-10-3-2-4-11(7-10)5-6-13(17)14-8-12(16)9-15/h2-7,12,15-16H,8-9H2,1H3,(H,14,17). The second-order valence-electron chi connectivity index (χ2n) is 3.83. The van der Waals surface area contributed by atoms with Crippen LogP contribution in [0.4, 0.5) is 0 Å². The molecule has 17 heavy (non-hydrogen) atoms. The summed E-state index contributed by atoms with van der Waals surface area (Å²) in [6, 6.07) is 7.77. The third kappa shape index (κ3) is 5.29. The molecule has 0 fully saturated rings. The van der Waals surface area contributed by atoms with Crippen LogP contribution in [0, 0.1) is 6.92 Å². The molecule has 0 bridgehead atoms. The maximum absolute atomic E-state index is 11.3. The van der Waals surface area contributed by atoms with Crippen LogP contribution in [0.5, 0.6) is 0 Å². The molecule has 4 heteroatoms. The first kappa shape index (κ1) is 13.4. The predicted molar refractivity (Wildman–Crippen MR) is 66.3 cm³/mol. The molecule has 1 unspecified atom stereocenters. The zero-order valence-corrected chi connectivity index (χ0v) is 9.76. The largest absolute Gasteiger partial charge is 0.394 e. The highest BCUT2D eigenvalue weighted by molar-refractivity contribution is 5.91. The molecular formula is C13H17NO3. The van der Waals surface area contributed by atoms with Gasteiger partial charge in [0, 0.05) is 12.6 Å². The minimum absolute atomic E-state index is 0.0491. The van der Waals surface area contributed by atoms with Gasteiger partial charge in [-0.05, 0) is 18.6 Å². The van der Waals surface area contributed by atoms with Crippen molar-refractivity contribution in [2.45, 2.75) is 13.0 Å². The first-order chi connectivity index (χ1) is 8.11. The number of carbonyl (C=O) groups excluding carboxylic acids is 1. The molecule has 0 aliphatic heterocycles. The highest BCUT2D eigenvalue weighted by Gasteiger charge is 2.02. The van der Waals surface area contributed by atoms with Crippen molar-refractivity contribution in [2.24, 2.45) is 0 Å². The molecule has 1 amide bonds. The van der Waals surface area contributed by atoms with E-state index in [0.717, 1.165) is 11.1 Å². The summed E-state index contributed by atoms with van der Waals surface area (Å²) in [7, 11) is 0. The summed E-state index contributed by atoms with van der Waals surface area (Å²) in [5.41, 5.74) is 2.08. The summed E-state index contributed by atoms with van der Waals surface area (Å²) < 4.78 is 0. The Kier molecular flexibility index (Phi) is 5.39. The summed E-state index contributed by atoms with van der Waals surface area (Å²) in [4.78, 5) is 11.3. The molecule has 0 heterocycles. The maximum Gasteiger partial charge on any atom is 0.244 e. The van der Waals surface area contributed by atoms with E-state index in [1.54, 1.807) is 6.08 Å². The lowest BCUT2D eigenvalue weighted by Gasteiger charge is -2.06. The van der Waals surface area contributed by atoms with Gasteiger partial charge in [0.2, 0.25) is 5.91 Å². The predicted octanol–water partition coefficient (Wildman–Crippen LogP) is 0.478. The number of nitrogens with one attached hydrogen (secondary N) is 1. The van der Waals surface area contributed by atoms with Crippen LogP contribution in [0.2, 0.25) is 0 Å². The fraction of sp³-hybridized carbons (Fsp3) is 0.308. The van der Waals surface area contributed by atoms with Crippen molar-refractivity contribution in [2.75, 3.05) is 13.2 Å². The smallest absolute Gasteiger partial charge is 0.244 e. The van der Waals surface area contributed by atoms with E-state index in [0.29, 0.717) is 0 Å². The monoisotopic (exact) mass is 235 g/mol. The average Bonchev–Trinajstić information content (AvgIpc) is 2.33. The van der Waals surface area contributed by atoms with Crippen molar-refractivity contribution in [1.29, 1.82) is 0 Å². The molecule has 0 saturated carbocycles. The lowest BCUT2D eigenvalue weighted by molar-refractivity contribution is -0.117. The average molecular weight is 235 g/mol. The number of aliphatic hydroxyl groups excluding tert-OH is 2. The second kappa shape index (κ2) is 6.83. The van der Waals surface area contributed by atoms with Crippen LogP contribution in [0.3, 0.4) is 0 Å². The van der Waals surface area contributed by atoms with Crippen molar-refractivity contribution < 1.29 is 15.0 Å². The van der Waals surface area contributed by atoms with Crippen molar-refractivity contribution in [3.8, 4) is 0 Å². The van der Waals surface area contributed by atoms with Gasteiger partial charge in [-0.25, -0.2) is 0 Å². The van der Waals surface area contributed by atoms with E-state index >= 15 is 0 Å². The lowest BCUT2D eigenvalue weighted by Crippen LogP contribution is -2.32. The number of hydrogen-bond donors (Lipinski definition) is 3. The van der Waals surface area contributed by atoms with Gasteiger partial charge in [0.1, 0.15) is 0 Å². The highest BCUT2D eigenvalue weighted by Crippen LogP contribution is 2.05. The molecule has 4 nitrogen and oxygen atoms in total. The van der Waals surface area contributed by atoms with Crippen LogP contribution < -0.4 is 5.32 Å². The molecule has 0 aliphatic carbocycles. The molecule has 0 aliphatic rings. The van der Waals surface area contributed by atoms with Crippen molar-refractivity contribution in [3.63, 3.8) is 0 Å². The minimum atomic E-state index is -0.911. The van der Waals surface area contributed by atoms with Gasteiger partial charge in [0.05, 0.1) is 12.7 Å². The van der Waals surface area contributed by atoms with E-state index < -0.39 is 6.10 Å². The van der Waals surface area contributed by atoms with Crippen LogP contribution in [-0.2, 0) is 4.79 Å². The number of rotatable bonds is 5. The van der Waals surface area contributed by atoms with Gasteiger partial charge in [-0.3, -0.25) is 4.79 Å². The third-order valence-electron chi connectivity index (χ3n) is 2.19. The Morgan fingerprint density at radius 1 is 1.53 bits per heavy atom. The number of amides is 1. The van der Waals surface area contributed by atoms with E-state index in [4.69, 9.17) is 10.2 Å². The maximum atomic E-state index is 11.3. The fourth-order valence-electron chi connectivity index (χ4n) is 1.29. The molecule has 0 radical (unpaired) electrons. The third-order valence-corrected chi connectivity index (χ3v) is 2.19. The first-order valence-corrected chi connectivity index (χ1v) is 5.43. The zero-order chi connectivity index (χ0) is 12.7. The summed E-state index contributed by atoms with van der Waals surface area (Å²) in [5, 5.41) is 20.1. The summed E-state index contributed by atoms with van der Waals surface area (Å²) in [5.74, 6) is -0.293. The number of aliphatic hydroxyl groups is 2. The van der Waals surface area contributed by atoms with Crippen LogP contribution in [-0.4, -0.2) is 35.4 Å². The fourth-order valence-corrected chi connectivity index (χ4v) is 1.29. The van der Waals surface area contributed by atoms with Gasteiger partial charge >= 0.3 is 0 Å². The second-order valence-corrected chi connectivity index (χ2v) is 3.83. The Bertz CT molecular complexity index is 401. The first-order valence-electron chi connectivity index (χ1n) is 5.43. The number of carbonyl (C=O) groups is 1. The van der Waals surface area contributed by atoms with Gasteiger partial charge in [-0.1, -0.05) is 29.8 Å². The number of aryl methyl sites for hydroxylation is 1. The van der Waals surface area contributed by atoms with Crippen LogP contribution in [0.25, 0.3) is 6.08 Å². The Hall–Kier alpha value is -1.65. The normalized spacial score (nSPS) is 12.6. The van der Waals surface area contributed by atoms with Crippen molar-refractivity contribution >= 4 is 12.0 Å². The Labute approximate surface area is 101 Å². The quantitative estimate of drug-likeness (QED) is 0.650. The molecule has 1 aromatic rings. The van der Waals surface area contributed by atoms with Gasteiger partial charge in [0.15, 0.2) is 0 Å². The number of hydrogen-bond acceptors (Lipinski definition) is 3. The van der Waals surface area contributed by atoms with Crippen molar-refractivity contribution in [1.82, 2.24) is 5.32 Å². The SMILES string of the molecule is Cc1cccc(C=CC(=O)NCC(O)CO)c1. The van der Waals surface area contributed by atoms with E-state index in [1.807, 2.05) is 31.2 Å². The van der Waals surface area contributed by atoms with Gasteiger partial charge < -0.3 is 15.5 Å². The van der Waals surface area contributed by atoms with Crippen LogP contribution in [0.1, 0.15) is 11.1 Å². The Morgan fingerprint density at radius 2 is 2.29 bits per heavy atom. The molecule has 92 valence electrons. The van der Waals surface area contributed by atoms with Gasteiger partial charge in [-0.15, -0.1) is 0 Å². The molecule has 1 rings (SSSR count). The Balaban J connectivity index is 2.45. The van der Waals surface area contributed by atoms with Gasteiger partial charge in [-0.2, -0.15) is 0 Å². The molecule has 3 N–H and O–H groups in total. The molecule has 1 atom stereocenters. The lowest BCUT2D eigenvalue weighted by atomic mass is 10.1. The van der Waals surface area contributed by atoms with E-state index in [-0.39, 0.29) is 19.1 Å². The van der Waals surface area contributed by atoms with Crippen LogP contribution >= 0.6 is 0 Å². The topological polar surface area (TPSA) is 69.6 Å². The van der Waals surface area contributed by atoms with Crippen molar-refractivity contribution in [3.05, 3.63) is 41.5 Å². The molecule has 0 spiro atoms. The molecular weight excluding hydrogens is 218 g/mol. The minimum Gasteiger partial charge on any atom is -0.394 e. The highest BCUT2D eigenvalue weighted by atomic mass is 16.3.